The lowest BCUT2D eigenvalue weighted by Gasteiger charge is -2.24. The van der Waals surface area contributed by atoms with Crippen LogP contribution in [0.3, 0.4) is 0 Å². The Balaban J connectivity index is 3.09. The van der Waals surface area contributed by atoms with E-state index in [0.717, 1.165) is 0 Å². The number of nitrogens with two attached hydrogens (primary N) is 2. The van der Waals surface area contributed by atoms with Crippen LogP contribution in [0.25, 0.3) is 0 Å². The first-order valence-corrected chi connectivity index (χ1v) is 9.88. The van der Waals surface area contributed by atoms with E-state index in [4.69, 9.17) is 26.8 Å². The van der Waals surface area contributed by atoms with Crippen molar-refractivity contribution in [1.82, 2.24) is 25.9 Å². The second-order valence-electron chi connectivity index (χ2n) is 7.28. The van der Waals surface area contributed by atoms with Gasteiger partial charge in [0.25, 0.3) is 0 Å². The van der Waals surface area contributed by atoms with Gasteiger partial charge in [-0.15, -0.1) is 0 Å². The zero-order valence-electron chi connectivity index (χ0n) is 18.1. The molecule has 1 aromatic rings. The van der Waals surface area contributed by atoms with Crippen molar-refractivity contribution in [1.29, 1.82) is 0 Å². The van der Waals surface area contributed by atoms with Crippen LogP contribution in [0, 0.1) is 0 Å². The number of aliphatic carboxylic acids is 3. The molecule has 1 rings (SSSR count). The molecular formula is C18H25N7O10. The van der Waals surface area contributed by atoms with Crippen LogP contribution in [-0.4, -0.2) is 91.0 Å². The number of amides is 4. The Morgan fingerprint density at radius 1 is 0.829 bits per heavy atom. The maximum absolute atomic E-state index is 12.8. The number of aromatic amines is 1. The molecule has 192 valence electrons. The molecule has 0 bridgehead atoms. The lowest BCUT2D eigenvalue weighted by Crippen LogP contribution is -2.58. The summed E-state index contributed by atoms with van der Waals surface area (Å²) in [4.78, 5) is 88.3. The van der Waals surface area contributed by atoms with Crippen molar-refractivity contribution in [3.63, 3.8) is 0 Å². The lowest BCUT2D eigenvalue weighted by atomic mass is 10.1. The molecule has 0 saturated carbocycles. The minimum atomic E-state index is -1.83. The number of carboxylic acids is 3. The van der Waals surface area contributed by atoms with E-state index in [1.54, 1.807) is 0 Å². The summed E-state index contributed by atoms with van der Waals surface area (Å²) in [5.74, 6) is -8.90. The number of nitrogens with one attached hydrogen (secondary N) is 4. The molecule has 17 heteroatoms. The molecule has 0 aliphatic rings. The van der Waals surface area contributed by atoms with E-state index >= 15 is 0 Å². The normalized spacial score (nSPS) is 14.0. The molecule has 0 saturated heterocycles. The molecule has 11 N–H and O–H groups in total. The fraction of sp³-hybridized carbons (Fsp3) is 0.444. The molecule has 4 unspecified atom stereocenters. The number of carbonyl (C=O) groups excluding carboxylic acids is 4. The number of imidazole rings is 1. The molecule has 0 spiro atoms. The van der Waals surface area contributed by atoms with Crippen LogP contribution in [0.1, 0.15) is 25.0 Å². The first-order valence-electron chi connectivity index (χ1n) is 9.88. The monoisotopic (exact) mass is 499 g/mol. The Bertz CT molecular complexity index is 965. The predicted molar refractivity (Wildman–Crippen MR) is 112 cm³/mol. The van der Waals surface area contributed by atoms with Gasteiger partial charge in [0.2, 0.25) is 23.6 Å². The van der Waals surface area contributed by atoms with Crippen LogP contribution >= 0.6 is 0 Å². The number of primary amides is 1. The highest BCUT2D eigenvalue weighted by Crippen LogP contribution is 2.04. The molecule has 0 aliphatic carbocycles. The smallest absolute Gasteiger partial charge is 0.326 e. The van der Waals surface area contributed by atoms with E-state index < -0.39 is 85.0 Å². The molecule has 0 aliphatic heterocycles. The van der Waals surface area contributed by atoms with Crippen LogP contribution < -0.4 is 27.4 Å². The number of rotatable bonds is 15. The topological polar surface area (TPSA) is 297 Å². The summed E-state index contributed by atoms with van der Waals surface area (Å²) in [6, 6.07) is -6.59. The molecule has 35 heavy (non-hydrogen) atoms. The van der Waals surface area contributed by atoms with Gasteiger partial charge in [-0.3, -0.25) is 28.8 Å². The van der Waals surface area contributed by atoms with Crippen molar-refractivity contribution in [3.05, 3.63) is 18.2 Å². The number of hydrogen-bond donors (Lipinski definition) is 9. The van der Waals surface area contributed by atoms with E-state index in [9.17, 15) is 33.6 Å². The maximum Gasteiger partial charge on any atom is 0.326 e. The summed E-state index contributed by atoms with van der Waals surface area (Å²) in [7, 11) is 0. The summed E-state index contributed by atoms with van der Waals surface area (Å²) >= 11 is 0. The van der Waals surface area contributed by atoms with E-state index in [0.29, 0.717) is 5.69 Å². The van der Waals surface area contributed by atoms with Crippen LogP contribution in [-0.2, 0) is 40.0 Å². The Morgan fingerprint density at radius 2 is 1.34 bits per heavy atom. The minimum absolute atomic E-state index is 0.286. The van der Waals surface area contributed by atoms with Crippen LogP contribution in [0.2, 0.25) is 0 Å². The van der Waals surface area contributed by atoms with E-state index in [1.165, 1.54) is 12.5 Å². The Morgan fingerprint density at radius 3 is 1.83 bits per heavy atom. The van der Waals surface area contributed by atoms with Crippen molar-refractivity contribution in [2.75, 3.05) is 0 Å². The molecule has 0 fully saturated rings. The first kappa shape index (κ1) is 28.5. The van der Waals surface area contributed by atoms with Gasteiger partial charge in [0.05, 0.1) is 31.6 Å². The SMILES string of the molecule is NC(=O)CC(N)C(=O)NC(CC(=O)O)C(=O)NC(Cc1cnc[nH]1)C(=O)NC(CC(=O)O)C(=O)O. The van der Waals surface area contributed by atoms with Gasteiger partial charge in [-0.05, 0) is 0 Å². The van der Waals surface area contributed by atoms with E-state index in [-0.39, 0.29) is 6.42 Å². The van der Waals surface area contributed by atoms with Gasteiger partial charge in [-0.1, -0.05) is 0 Å². The molecule has 17 nitrogen and oxygen atoms in total. The Kier molecular flexibility index (Phi) is 10.8. The molecular weight excluding hydrogens is 474 g/mol. The number of hydrogen-bond acceptors (Lipinski definition) is 9. The van der Waals surface area contributed by atoms with Crippen molar-refractivity contribution in [2.45, 2.75) is 49.9 Å². The van der Waals surface area contributed by atoms with Gasteiger partial charge in [0.15, 0.2) is 0 Å². The standard InChI is InChI=1S/C18H25N7O10/c19-8(2-12(20)26)15(31)23-10(3-13(27)28)17(33)24-9(1-7-5-21-6-22-7)16(32)25-11(18(34)35)4-14(29)30/h5-6,8-11H,1-4,19H2,(H2,20,26)(H,21,22)(H,23,31)(H,24,33)(H,25,32)(H,27,28)(H,29,30)(H,34,35). The van der Waals surface area contributed by atoms with E-state index in [2.05, 4.69) is 20.6 Å². The van der Waals surface area contributed by atoms with Crippen LogP contribution in [0.5, 0.6) is 0 Å². The molecule has 0 aromatic carbocycles. The highest BCUT2D eigenvalue weighted by Gasteiger charge is 2.32. The van der Waals surface area contributed by atoms with Crippen molar-refractivity contribution >= 4 is 41.5 Å². The fourth-order valence-corrected chi connectivity index (χ4v) is 2.72. The quantitative estimate of drug-likeness (QED) is 0.111. The maximum atomic E-state index is 12.8. The summed E-state index contributed by atoms with van der Waals surface area (Å²) in [5.41, 5.74) is 10.7. The van der Waals surface area contributed by atoms with Crippen molar-refractivity contribution in [2.24, 2.45) is 11.5 Å². The summed E-state index contributed by atoms with van der Waals surface area (Å²) in [6.45, 7) is 0. The zero-order valence-corrected chi connectivity index (χ0v) is 18.1. The summed E-state index contributed by atoms with van der Waals surface area (Å²) in [6.07, 6.45) is -0.219. The van der Waals surface area contributed by atoms with Crippen molar-refractivity contribution < 1.29 is 48.9 Å². The minimum Gasteiger partial charge on any atom is -0.481 e. The zero-order chi connectivity index (χ0) is 26.7. The predicted octanol–water partition coefficient (Wildman–Crippen LogP) is -4.36. The van der Waals surface area contributed by atoms with Gasteiger partial charge in [0, 0.05) is 18.3 Å². The Hall–Kier alpha value is -4.54. The number of H-pyrrole nitrogens is 1. The Labute approximate surface area is 196 Å². The van der Waals surface area contributed by atoms with Gasteiger partial charge >= 0.3 is 17.9 Å². The number of carbonyl (C=O) groups is 7. The highest BCUT2D eigenvalue weighted by molar-refractivity contribution is 5.96. The molecule has 4 amide bonds. The number of nitrogens with zero attached hydrogens (tertiary/aromatic N) is 1. The summed E-state index contributed by atoms with van der Waals surface area (Å²) in [5, 5.41) is 33.3. The molecule has 0 radical (unpaired) electrons. The average Bonchev–Trinajstić information content (AvgIpc) is 3.24. The second-order valence-corrected chi connectivity index (χ2v) is 7.28. The summed E-state index contributed by atoms with van der Waals surface area (Å²) < 4.78 is 0. The molecule has 1 aromatic heterocycles. The molecule has 1 heterocycles. The third-order valence-corrected chi connectivity index (χ3v) is 4.37. The number of carboxylic acid groups (broad SMARTS) is 3. The third kappa shape index (κ3) is 10.3. The van der Waals surface area contributed by atoms with Gasteiger partial charge in [0.1, 0.15) is 18.1 Å². The highest BCUT2D eigenvalue weighted by atomic mass is 16.4. The van der Waals surface area contributed by atoms with E-state index in [1.807, 2.05) is 5.32 Å². The fourth-order valence-electron chi connectivity index (χ4n) is 2.72. The average molecular weight is 499 g/mol. The number of aromatic nitrogens is 2. The van der Waals surface area contributed by atoms with Gasteiger partial charge in [-0.25, -0.2) is 9.78 Å². The second kappa shape index (κ2) is 13.2. The lowest BCUT2D eigenvalue weighted by molar-refractivity contribution is -0.147. The molecule has 4 atom stereocenters. The largest absolute Gasteiger partial charge is 0.481 e. The third-order valence-electron chi connectivity index (χ3n) is 4.37. The van der Waals surface area contributed by atoms with Crippen LogP contribution in [0.4, 0.5) is 0 Å². The first-order chi connectivity index (χ1) is 16.3. The van der Waals surface area contributed by atoms with Gasteiger partial charge < -0.3 is 47.7 Å². The van der Waals surface area contributed by atoms with Crippen LogP contribution in [0.15, 0.2) is 12.5 Å². The van der Waals surface area contributed by atoms with Crippen molar-refractivity contribution in [3.8, 4) is 0 Å². The van der Waals surface area contributed by atoms with Gasteiger partial charge in [-0.2, -0.15) is 0 Å².